The van der Waals surface area contributed by atoms with Crippen molar-refractivity contribution in [3.63, 3.8) is 0 Å². The third-order valence-electron chi connectivity index (χ3n) is 6.67. The number of ether oxygens (including phenoxy) is 3. The Labute approximate surface area is 254 Å². The molecule has 6 unspecified atom stereocenters. The number of thioether (sulfide) groups is 1. The Morgan fingerprint density at radius 3 is 2.51 bits per heavy atom. The molecule has 43 heavy (non-hydrogen) atoms. The molecule has 2 aromatic carbocycles. The molecule has 2 N–H and O–H groups in total. The molecule has 0 aliphatic carbocycles. The zero-order valence-corrected chi connectivity index (χ0v) is 24.9. The van der Waals surface area contributed by atoms with Gasteiger partial charge in [0.25, 0.3) is 0 Å². The number of benzene rings is 2. The van der Waals surface area contributed by atoms with Gasteiger partial charge in [0.15, 0.2) is 23.7 Å². The number of fused-ring (bicyclic) bond motifs is 1. The molecule has 6 atom stereocenters. The van der Waals surface area contributed by atoms with Crippen molar-refractivity contribution in [2.24, 2.45) is 0 Å². The van der Waals surface area contributed by atoms with E-state index in [9.17, 15) is 27.5 Å². The van der Waals surface area contributed by atoms with Crippen LogP contribution in [0, 0.1) is 17.5 Å². The number of phosphoric acid groups is 1. The lowest BCUT2D eigenvalue weighted by molar-refractivity contribution is -0.305. The van der Waals surface area contributed by atoms with Gasteiger partial charge in [-0.05, 0) is 34.1 Å². The molecule has 0 amide bonds. The highest BCUT2D eigenvalue weighted by atomic mass is 79.9. The van der Waals surface area contributed by atoms with Crippen molar-refractivity contribution < 1.29 is 46.3 Å². The molecule has 2 saturated heterocycles. The van der Waals surface area contributed by atoms with Crippen molar-refractivity contribution >= 4 is 35.5 Å². The van der Waals surface area contributed by atoms with Gasteiger partial charge >= 0.3 is 7.82 Å². The Kier molecular flexibility index (Phi) is 8.75. The fourth-order valence-corrected chi connectivity index (χ4v) is 7.15. The second-order valence-electron chi connectivity index (χ2n) is 9.57. The van der Waals surface area contributed by atoms with Gasteiger partial charge in [0.1, 0.15) is 35.5 Å². The number of hydrogen-bond donors (Lipinski definition) is 2. The van der Waals surface area contributed by atoms with Crippen LogP contribution in [0.1, 0.15) is 17.9 Å². The highest BCUT2D eigenvalue weighted by Gasteiger charge is 2.54. The Hall–Kier alpha value is -2.66. The van der Waals surface area contributed by atoms with E-state index in [4.69, 9.17) is 18.7 Å². The molecule has 2 fully saturated rings. The summed E-state index contributed by atoms with van der Waals surface area (Å²) in [7, 11) is -5.14. The van der Waals surface area contributed by atoms with Crippen molar-refractivity contribution in [2.45, 2.75) is 41.0 Å². The number of aromatic nitrogens is 4. The molecule has 17 heteroatoms. The lowest BCUT2D eigenvalue weighted by Gasteiger charge is -2.48. The normalized spacial score (nSPS) is 25.8. The molecule has 11 nitrogen and oxygen atoms in total. The lowest BCUT2D eigenvalue weighted by atomic mass is 9.96. The van der Waals surface area contributed by atoms with Crippen molar-refractivity contribution in [3.8, 4) is 11.3 Å². The lowest BCUT2D eigenvalue weighted by Crippen LogP contribution is -2.59. The smallest absolute Gasteiger partial charge is 0.356 e. The van der Waals surface area contributed by atoms with Crippen LogP contribution in [0.15, 0.2) is 76.5 Å². The first-order chi connectivity index (χ1) is 20.6. The number of phosphoric ester groups is 1. The van der Waals surface area contributed by atoms with Crippen LogP contribution >= 0.6 is 35.5 Å². The van der Waals surface area contributed by atoms with Crippen LogP contribution in [-0.2, 0) is 23.3 Å². The Balaban J connectivity index is 1.42. The molecule has 0 bridgehead atoms. The first kappa shape index (κ1) is 30.4. The third-order valence-corrected chi connectivity index (χ3v) is 8.73. The highest BCUT2D eigenvalue weighted by molar-refractivity contribution is 9.10. The highest BCUT2D eigenvalue weighted by Crippen LogP contribution is 2.50. The average molecular weight is 701 g/mol. The summed E-state index contributed by atoms with van der Waals surface area (Å²) >= 11 is 4.44. The topological polar surface area (TPSA) is 138 Å². The predicted molar refractivity (Wildman–Crippen MR) is 148 cm³/mol. The van der Waals surface area contributed by atoms with Crippen molar-refractivity contribution in [2.75, 3.05) is 6.61 Å². The predicted octanol–water partition coefficient (Wildman–Crippen LogP) is 5.17. The van der Waals surface area contributed by atoms with Gasteiger partial charge in [0.2, 0.25) is 0 Å². The maximum Gasteiger partial charge on any atom is 0.470 e. The third kappa shape index (κ3) is 6.72. The van der Waals surface area contributed by atoms with Crippen LogP contribution in [0.25, 0.3) is 11.3 Å². The summed E-state index contributed by atoms with van der Waals surface area (Å²) in [6.45, 7) is 0.0348. The molecule has 0 saturated carbocycles. The van der Waals surface area contributed by atoms with E-state index in [1.165, 1.54) is 10.9 Å². The van der Waals surface area contributed by atoms with E-state index in [-0.39, 0.29) is 17.9 Å². The van der Waals surface area contributed by atoms with E-state index >= 15 is 0 Å². The van der Waals surface area contributed by atoms with Crippen LogP contribution in [0.5, 0.6) is 0 Å². The van der Waals surface area contributed by atoms with Crippen LogP contribution in [0.3, 0.4) is 0 Å². The molecule has 0 radical (unpaired) electrons. The SMILES string of the molecule is O=P(O)(O)OC1C(Sc2cncc(Br)c2)OC2COC(c3ccccc3)OC2C1n1cc(-c2cc(F)c(F)c(F)c2)nn1. The second kappa shape index (κ2) is 12.4. The number of halogens is 4. The molecule has 0 spiro atoms. The minimum atomic E-state index is -5.14. The van der Waals surface area contributed by atoms with E-state index in [0.717, 1.165) is 23.9 Å². The summed E-state index contributed by atoms with van der Waals surface area (Å²) in [5.74, 6) is -4.48. The average Bonchev–Trinajstić information content (AvgIpc) is 3.45. The van der Waals surface area contributed by atoms with Crippen LogP contribution in [0.4, 0.5) is 13.2 Å². The number of rotatable bonds is 7. The van der Waals surface area contributed by atoms with Crippen molar-refractivity contribution in [1.29, 1.82) is 0 Å². The quantitative estimate of drug-likeness (QED) is 0.195. The minimum absolute atomic E-state index is 0.0348. The van der Waals surface area contributed by atoms with Crippen LogP contribution < -0.4 is 0 Å². The summed E-state index contributed by atoms with van der Waals surface area (Å²) in [6, 6.07) is 11.2. The Bertz CT molecular complexity index is 1650. The van der Waals surface area contributed by atoms with Crippen LogP contribution in [0.2, 0.25) is 0 Å². The van der Waals surface area contributed by atoms with Gasteiger partial charge < -0.3 is 24.0 Å². The van der Waals surface area contributed by atoms with Crippen molar-refractivity contribution in [1.82, 2.24) is 20.0 Å². The molecule has 2 aromatic heterocycles. The zero-order chi connectivity index (χ0) is 30.3. The van der Waals surface area contributed by atoms with Crippen LogP contribution in [-0.4, -0.2) is 60.1 Å². The molecule has 4 heterocycles. The number of nitrogens with zero attached hydrogens (tertiary/aromatic N) is 4. The molecule has 226 valence electrons. The monoisotopic (exact) mass is 700 g/mol. The van der Waals surface area contributed by atoms with Crippen molar-refractivity contribution in [3.05, 3.63) is 94.6 Å². The summed E-state index contributed by atoms with van der Waals surface area (Å²) in [5.41, 5.74) is -0.521. The number of hydrogen-bond acceptors (Lipinski definition) is 9. The van der Waals surface area contributed by atoms with E-state index < -0.39 is 61.4 Å². The second-order valence-corrected chi connectivity index (χ2v) is 12.8. The van der Waals surface area contributed by atoms with Gasteiger partial charge in [-0.15, -0.1) is 5.10 Å². The van der Waals surface area contributed by atoms with E-state index in [0.29, 0.717) is 14.9 Å². The zero-order valence-electron chi connectivity index (χ0n) is 21.6. The fourth-order valence-electron chi connectivity index (χ4n) is 4.86. The summed E-state index contributed by atoms with van der Waals surface area (Å²) < 4.78 is 79.6. The maximum absolute atomic E-state index is 14.0. The van der Waals surface area contributed by atoms with Gasteiger partial charge in [-0.1, -0.05) is 47.3 Å². The number of pyridine rings is 1. The van der Waals surface area contributed by atoms with Gasteiger partial charge in [-0.25, -0.2) is 22.4 Å². The maximum atomic E-state index is 14.0. The van der Waals surface area contributed by atoms with E-state index in [1.807, 2.05) is 6.07 Å². The molecular formula is C26H21BrF3N4O7PS. The molecule has 2 aliphatic heterocycles. The Morgan fingerprint density at radius 2 is 1.81 bits per heavy atom. The molecule has 6 rings (SSSR count). The van der Waals surface area contributed by atoms with Gasteiger partial charge in [0.05, 0.1) is 12.8 Å². The summed E-state index contributed by atoms with van der Waals surface area (Å²) in [4.78, 5) is 24.6. The minimum Gasteiger partial charge on any atom is -0.356 e. The van der Waals surface area contributed by atoms with Gasteiger partial charge in [-0.2, -0.15) is 0 Å². The first-order valence-corrected chi connectivity index (χ1v) is 15.8. The molecule has 4 aromatic rings. The molecular weight excluding hydrogens is 680 g/mol. The fraction of sp³-hybridized carbons (Fsp3) is 0.269. The Morgan fingerprint density at radius 1 is 1.07 bits per heavy atom. The standard InChI is InChI=1S/C26H21BrF3N4O7PS/c27-15-8-16(10-31-9-15)43-26-24(41-42(35,36)37)22(23-20(39-26)12-38-25(40-23)13-4-2-1-3-5-13)34-11-19(32-33-34)14-6-17(28)21(30)18(29)7-14/h1-11,20,22-26H,12H2,(H2,35,36,37). The van der Waals surface area contributed by atoms with Gasteiger partial charge in [-0.3, -0.25) is 9.51 Å². The van der Waals surface area contributed by atoms with E-state index in [2.05, 4.69) is 31.2 Å². The largest absolute Gasteiger partial charge is 0.470 e. The summed E-state index contributed by atoms with van der Waals surface area (Å²) in [6.07, 6.45) is 0.408. The molecule has 2 aliphatic rings. The first-order valence-electron chi connectivity index (χ1n) is 12.6. The van der Waals surface area contributed by atoms with Gasteiger partial charge in [0, 0.05) is 32.9 Å². The summed E-state index contributed by atoms with van der Waals surface area (Å²) in [5, 5.41) is 8.11. The van der Waals surface area contributed by atoms with E-state index in [1.54, 1.807) is 42.7 Å².